The second-order valence-corrected chi connectivity index (χ2v) is 7.69. The predicted molar refractivity (Wildman–Crippen MR) is 62.1 cm³/mol. The summed E-state index contributed by atoms with van der Waals surface area (Å²) in [5.74, 6) is 0. The summed E-state index contributed by atoms with van der Waals surface area (Å²) in [6.45, 7) is 9.20. The maximum atomic E-state index is 2.40. The maximum Gasteiger partial charge on any atom is -1.00 e. The Hall–Kier alpha value is 0.803. The van der Waals surface area contributed by atoms with Gasteiger partial charge in [-0.15, -0.1) is 0 Å². The third-order valence-electron chi connectivity index (χ3n) is 3.32. The molecule has 0 amide bonds. The third-order valence-corrected chi connectivity index (χ3v) is 8.59. The molecule has 0 saturated carbocycles. The van der Waals surface area contributed by atoms with E-state index in [-0.39, 0.29) is 34.0 Å². The summed E-state index contributed by atoms with van der Waals surface area (Å²) in [5.41, 5.74) is 6.41. The Morgan fingerprint density at radius 3 is 1.35 bits per heavy atom. The van der Waals surface area contributed by atoms with Crippen LogP contribution >= 0.6 is 0 Å². The van der Waals surface area contributed by atoms with Crippen molar-refractivity contribution in [2.24, 2.45) is 0 Å². The molecule has 17 heavy (non-hydrogen) atoms. The van der Waals surface area contributed by atoms with Gasteiger partial charge >= 0.3 is 105 Å². The number of hydrogen-bond acceptors (Lipinski definition) is 0. The van der Waals surface area contributed by atoms with Crippen molar-refractivity contribution in [3.05, 3.63) is 41.0 Å². The van der Waals surface area contributed by atoms with E-state index >= 15 is 0 Å². The minimum absolute atomic E-state index is 0. The Bertz CT molecular complexity index is 386. The summed E-state index contributed by atoms with van der Waals surface area (Å²) in [4.78, 5) is 0. The van der Waals surface area contributed by atoms with Crippen LogP contribution in [0.2, 0.25) is 0 Å². The average molecular weight is 437 g/mol. The zero-order valence-corrected chi connectivity index (χ0v) is 16.5. The maximum absolute atomic E-state index is 2.40. The van der Waals surface area contributed by atoms with Crippen molar-refractivity contribution in [2.45, 2.75) is 40.5 Å². The fourth-order valence-electron chi connectivity index (χ4n) is 2.23. The fourth-order valence-corrected chi connectivity index (χ4v) is 5.87. The van der Waals surface area contributed by atoms with Crippen molar-refractivity contribution in [1.29, 1.82) is 0 Å². The quantitative estimate of drug-likeness (QED) is 0.485. The molecule has 0 radical (unpaired) electrons. The molecule has 2 aliphatic rings. The van der Waals surface area contributed by atoms with E-state index < -0.39 is 23.2 Å². The SMILES string of the molecule is CC1=CCC(C)=[C]1[Zr+2][C]1=C(C)CC=C1C.[Br-].[Br-]. The molecule has 0 heterocycles. The largest absolute Gasteiger partial charge is 1.00 e. The topological polar surface area (TPSA) is 0 Å². The van der Waals surface area contributed by atoms with Crippen LogP contribution in [-0.2, 0) is 23.2 Å². The van der Waals surface area contributed by atoms with Crippen LogP contribution in [0.5, 0.6) is 0 Å². The van der Waals surface area contributed by atoms with Gasteiger partial charge in [0.15, 0.2) is 0 Å². The Balaban J connectivity index is 0.00000128. The van der Waals surface area contributed by atoms with E-state index in [9.17, 15) is 0 Å². The van der Waals surface area contributed by atoms with Gasteiger partial charge in [-0.3, -0.25) is 0 Å². The molecule has 0 aromatic heterocycles. The molecule has 0 atom stereocenters. The number of rotatable bonds is 2. The van der Waals surface area contributed by atoms with Crippen LogP contribution in [0.4, 0.5) is 0 Å². The van der Waals surface area contributed by atoms with Crippen molar-refractivity contribution < 1.29 is 57.2 Å². The van der Waals surface area contributed by atoms with Crippen molar-refractivity contribution in [3.63, 3.8) is 0 Å². The van der Waals surface area contributed by atoms with E-state index in [4.69, 9.17) is 0 Å². The molecule has 0 bridgehead atoms. The first kappa shape index (κ1) is 17.8. The molecule has 0 saturated heterocycles. The summed E-state index contributed by atoms with van der Waals surface area (Å²) >= 11 is -0.507. The Morgan fingerprint density at radius 2 is 1.12 bits per heavy atom. The van der Waals surface area contributed by atoms with Crippen molar-refractivity contribution in [3.8, 4) is 0 Å². The molecule has 2 aliphatic carbocycles. The van der Waals surface area contributed by atoms with E-state index in [0.717, 1.165) is 0 Å². The molecule has 2 rings (SSSR count). The van der Waals surface area contributed by atoms with Crippen LogP contribution in [0.25, 0.3) is 0 Å². The van der Waals surface area contributed by atoms with Gasteiger partial charge in [-0.2, -0.15) is 0 Å². The standard InChI is InChI=1S/2C7H9.2BrH.Zr/c2*1-6-3-4-7(2)5-6;;;/h2*3H,4H2,1-2H3;2*1H;/q;;;;+2/p-2. The number of hydrogen-bond donors (Lipinski definition) is 0. The zero-order valence-electron chi connectivity index (χ0n) is 10.8. The first-order chi connectivity index (χ1) is 7.09. The van der Waals surface area contributed by atoms with Gasteiger partial charge in [-0.05, 0) is 0 Å². The molecule has 0 unspecified atom stereocenters. The van der Waals surface area contributed by atoms with Crippen LogP contribution in [-0.4, -0.2) is 0 Å². The Kier molecular flexibility index (Phi) is 7.76. The normalized spacial score (nSPS) is 18.4. The van der Waals surface area contributed by atoms with Crippen molar-refractivity contribution >= 4 is 0 Å². The minimum Gasteiger partial charge on any atom is -1.00 e. The summed E-state index contributed by atoms with van der Waals surface area (Å²) in [5, 5.41) is 0. The fraction of sp³-hybridized carbons (Fsp3) is 0.429. The second kappa shape index (κ2) is 7.41. The molecule has 0 aromatic carbocycles. The Morgan fingerprint density at radius 1 is 0.765 bits per heavy atom. The van der Waals surface area contributed by atoms with E-state index in [1.54, 1.807) is 28.9 Å². The summed E-state index contributed by atoms with van der Waals surface area (Å²) in [6, 6.07) is 0. The second-order valence-electron chi connectivity index (χ2n) is 4.62. The summed E-state index contributed by atoms with van der Waals surface area (Å²) in [6.07, 6.45) is 7.21. The van der Waals surface area contributed by atoms with Crippen LogP contribution < -0.4 is 34.0 Å². The van der Waals surface area contributed by atoms with Gasteiger partial charge in [-0.1, -0.05) is 0 Å². The zero-order chi connectivity index (χ0) is 11.0. The average Bonchev–Trinajstić information content (AvgIpc) is 2.67. The summed E-state index contributed by atoms with van der Waals surface area (Å²) in [7, 11) is 0. The van der Waals surface area contributed by atoms with Crippen LogP contribution in [0.15, 0.2) is 41.0 Å². The third kappa shape index (κ3) is 3.88. The van der Waals surface area contributed by atoms with Gasteiger partial charge in [0.25, 0.3) is 0 Å². The van der Waals surface area contributed by atoms with E-state index in [1.165, 1.54) is 12.8 Å². The summed E-state index contributed by atoms with van der Waals surface area (Å²) < 4.78 is 3.50. The molecular weight excluding hydrogens is 419 g/mol. The van der Waals surface area contributed by atoms with Gasteiger partial charge in [-0.25, -0.2) is 0 Å². The number of halogens is 2. The van der Waals surface area contributed by atoms with Gasteiger partial charge < -0.3 is 34.0 Å². The predicted octanol–water partition coefficient (Wildman–Crippen LogP) is -1.68. The van der Waals surface area contributed by atoms with Gasteiger partial charge in [0.1, 0.15) is 0 Å². The van der Waals surface area contributed by atoms with Crippen LogP contribution in [0.1, 0.15) is 40.5 Å². The van der Waals surface area contributed by atoms with E-state index in [1.807, 2.05) is 0 Å². The van der Waals surface area contributed by atoms with Gasteiger partial charge in [0.05, 0.1) is 0 Å². The first-order valence-electron chi connectivity index (χ1n) is 5.60. The molecule has 92 valence electrons. The molecular formula is C14H18Br2Zr. The van der Waals surface area contributed by atoms with Gasteiger partial charge in [0.2, 0.25) is 0 Å². The van der Waals surface area contributed by atoms with E-state index in [2.05, 4.69) is 39.8 Å². The smallest absolute Gasteiger partial charge is 1.00 e. The van der Waals surface area contributed by atoms with Crippen LogP contribution in [0.3, 0.4) is 0 Å². The first-order valence-corrected chi connectivity index (χ1v) is 8.06. The Labute approximate surface area is 137 Å². The molecule has 0 spiro atoms. The molecule has 3 heteroatoms. The van der Waals surface area contributed by atoms with Crippen LogP contribution in [0, 0.1) is 0 Å². The van der Waals surface area contributed by atoms with Crippen molar-refractivity contribution in [2.75, 3.05) is 0 Å². The molecule has 0 aromatic rings. The molecule has 0 N–H and O–H groups in total. The molecule has 0 aliphatic heterocycles. The van der Waals surface area contributed by atoms with Gasteiger partial charge in [0, 0.05) is 0 Å². The van der Waals surface area contributed by atoms with Crippen molar-refractivity contribution in [1.82, 2.24) is 0 Å². The number of allylic oxidation sites excluding steroid dienone is 8. The molecule has 0 fully saturated rings. The molecule has 0 nitrogen and oxygen atoms in total. The monoisotopic (exact) mass is 434 g/mol. The van der Waals surface area contributed by atoms with E-state index in [0.29, 0.717) is 0 Å². The minimum atomic E-state index is -0.507.